The first-order chi connectivity index (χ1) is 13.3. The molecule has 0 aromatic heterocycles. The molecule has 7 nitrogen and oxygen atoms in total. The van der Waals surface area contributed by atoms with E-state index in [-0.39, 0.29) is 5.56 Å². The molecule has 1 fully saturated rings. The van der Waals surface area contributed by atoms with Crippen LogP contribution >= 0.6 is 11.6 Å². The average Bonchev–Trinajstić information content (AvgIpc) is 2.71. The van der Waals surface area contributed by atoms with Gasteiger partial charge < -0.3 is 35.0 Å². The quantitative estimate of drug-likeness (QED) is 0.488. The van der Waals surface area contributed by atoms with E-state index in [1.807, 2.05) is 24.3 Å². The number of methoxy groups -OCH3 is 1. The largest absolute Gasteiger partial charge is 0.497 e. The van der Waals surface area contributed by atoms with Crippen molar-refractivity contribution in [3.05, 3.63) is 64.2 Å². The molecule has 8 heteroatoms. The van der Waals surface area contributed by atoms with Crippen LogP contribution in [0, 0.1) is 0 Å². The van der Waals surface area contributed by atoms with Crippen molar-refractivity contribution < 1.29 is 35.0 Å². The van der Waals surface area contributed by atoms with Crippen LogP contribution in [-0.2, 0) is 16.9 Å². The Labute approximate surface area is 167 Å². The van der Waals surface area contributed by atoms with Gasteiger partial charge in [0, 0.05) is 10.6 Å². The summed E-state index contributed by atoms with van der Waals surface area (Å²) < 4.78 is 10.5. The van der Waals surface area contributed by atoms with Crippen LogP contribution in [0.4, 0.5) is 0 Å². The highest BCUT2D eigenvalue weighted by atomic mass is 35.5. The van der Waals surface area contributed by atoms with Gasteiger partial charge in [0.1, 0.15) is 30.2 Å². The van der Waals surface area contributed by atoms with E-state index < -0.39 is 36.8 Å². The molecule has 0 radical (unpaired) electrons. The maximum atomic E-state index is 10.9. The fourth-order valence-corrected chi connectivity index (χ4v) is 3.47. The van der Waals surface area contributed by atoms with Crippen molar-refractivity contribution in [3.63, 3.8) is 0 Å². The second-order valence-corrected chi connectivity index (χ2v) is 7.20. The third-order valence-electron chi connectivity index (χ3n) is 4.98. The van der Waals surface area contributed by atoms with Crippen molar-refractivity contribution in [2.24, 2.45) is 0 Å². The second-order valence-electron chi connectivity index (χ2n) is 6.79. The molecule has 3 rings (SSSR count). The van der Waals surface area contributed by atoms with Crippen LogP contribution < -0.4 is 4.74 Å². The summed E-state index contributed by atoms with van der Waals surface area (Å²) in [5, 5.41) is 51.0. The molecule has 5 atom stereocenters. The number of hydrogen-bond donors (Lipinski definition) is 5. The molecule has 1 aliphatic heterocycles. The first-order valence-electron chi connectivity index (χ1n) is 8.77. The molecule has 28 heavy (non-hydrogen) atoms. The lowest BCUT2D eigenvalue weighted by atomic mass is 9.87. The van der Waals surface area contributed by atoms with Crippen LogP contribution in [0.25, 0.3) is 0 Å². The van der Waals surface area contributed by atoms with Crippen molar-refractivity contribution >= 4 is 11.6 Å². The van der Waals surface area contributed by atoms with Crippen molar-refractivity contribution in [2.75, 3.05) is 13.7 Å². The van der Waals surface area contributed by atoms with Crippen molar-refractivity contribution in [1.29, 1.82) is 0 Å². The molecule has 1 heterocycles. The Morgan fingerprint density at radius 3 is 2.36 bits per heavy atom. The summed E-state index contributed by atoms with van der Waals surface area (Å²) in [4.78, 5) is 0. The molecule has 0 spiro atoms. The maximum absolute atomic E-state index is 10.9. The van der Waals surface area contributed by atoms with Crippen LogP contribution in [-0.4, -0.2) is 63.7 Å². The Morgan fingerprint density at radius 2 is 1.75 bits per heavy atom. The van der Waals surface area contributed by atoms with Gasteiger partial charge in [-0.1, -0.05) is 29.8 Å². The van der Waals surface area contributed by atoms with E-state index in [1.54, 1.807) is 19.2 Å². The summed E-state index contributed by atoms with van der Waals surface area (Å²) in [7, 11) is 1.58. The van der Waals surface area contributed by atoms with Gasteiger partial charge in [-0.2, -0.15) is 0 Å². The minimum atomic E-state index is -2.31. The van der Waals surface area contributed by atoms with E-state index in [9.17, 15) is 25.5 Å². The minimum Gasteiger partial charge on any atom is -0.497 e. The van der Waals surface area contributed by atoms with Gasteiger partial charge in [-0.25, -0.2) is 0 Å². The molecule has 1 saturated heterocycles. The topological polar surface area (TPSA) is 120 Å². The molecular formula is C20H23ClO7. The predicted octanol–water partition coefficient (Wildman–Crippen LogP) is 0.558. The van der Waals surface area contributed by atoms with Crippen molar-refractivity contribution in [2.45, 2.75) is 36.6 Å². The molecule has 1 aliphatic rings. The molecule has 0 amide bonds. The van der Waals surface area contributed by atoms with Crippen LogP contribution in [0.3, 0.4) is 0 Å². The lowest BCUT2D eigenvalue weighted by molar-refractivity contribution is -0.357. The molecule has 2 aromatic rings. The fraction of sp³-hybridized carbons (Fsp3) is 0.400. The van der Waals surface area contributed by atoms with Crippen LogP contribution in [0.2, 0.25) is 5.02 Å². The summed E-state index contributed by atoms with van der Waals surface area (Å²) in [6.45, 7) is -0.639. The zero-order valence-corrected chi connectivity index (χ0v) is 16.0. The van der Waals surface area contributed by atoms with Gasteiger partial charge >= 0.3 is 0 Å². The van der Waals surface area contributed by atoms with E-state index in [0.29, 0.717) is 17.0 Å². The monoisotopic (exact) mass is 410 g/mol. The molecule has 4 unspecified atom stereocenters. The van der Waals surface area contributed by atoms with Gasteiger partial charge in [0.05, 0.1) is 13.7 Å². The Hall–Kier alpha value is -1.71. The van der Waals surface area contributed by atoms with E-state index in [0.717, 1.165) is 11.3 Å². The average molecular weight is 411 g/mol. The highest BCUT2D eigenvalue weighted by Gasteiger charge is 2.53. The van der Waals surface area contributed by atoms with Crippen molar-refractivity contribution in [1.82, 2.24) is 0 Å². The summed E-state index contributed by atoms with van der Waals surface area (Å²) in [5.74, 6) is -1.59. The fourth-order valence-electron chi connectivity index (χ4n) is 3.29. The highest BCUT2D eigenvalue weighted by Crippen LogP contribution is 2.37. The highest BCUT2D eigenvalue weighted by molar-refractivity contribution is 6.31. The van der Waals surface area contributed by atoms with Gasteiger partial charge in [-0.05, 0) is 41.8 Å². The molecule has 0 saturated carbocycles. The molecule has 152 valence electrons. The summed E-state index contributed by atoms with van der Waals surface area (Å²) in [6.07, 6.45) is -5.87. The van der Waals surface area contributed by atoms with Gasteiger partial charge in [0.15, 0.2) is 0 Å². The number of ether oxygens (including phenoxy) is 2. The number of benzene rings is 2. The third kappa shape index (κ3) is 3.88. The Balaban J connectivity index is 1.92. The third-order valence-corrected chi connectivity index (χ3v) is 5.35. The van der Waals surface area contributed by atoms with Crippen molar-refractivity contribution in [3.8, 4) is 5.75 Å². The number of aliphatic hydroxyl groups is 5. The first kappa shape index (κ1) is 21.0. The van der Waals surface area contributed by atoms with Gasteiger partial charge in [-0.15, -0.1) is 0 Å². The van der Waals surface area contributed by atoms with Gasteiger partial charge in [0.2, 0.25) is 5.79 Å². The number of aliphatic hydroxyl groups excluding tert-OH is 4. The van der Waals surface area contributed by atoms with Crippen LogP contribution in [0.1, 0.15) is 16.7 Å². The molecule has 2 aromatic carbocycles. The molecule has 0 bridgehead atoms. The van der Waals surface area contributed by atoms with Gasteiger partial charge in [0.25, 0.3) is 0 Å². The summed E-state index contributed by atoms with van der Waals surface area (Å²) in [6, 6.07) is 12.0. The lowest BCUT2D eigenvalue weighted by Gasteiger charge is -2.45. The summed E-state index contributed by atoms with van der Waals surface area (Å²) >= 11 is 6.29. The molecule has 5 N–H and O–H groups in total. The lowest BCUT2D eigenvalue weighted by Crippen LogP contribution is -2.63. The predicted molar refractivity (Wildman–Crippen MR) is 101 cm³/mol. The Bertz CT molecular complexity index is 811. The zero-order chi connectivity index (χ0) is 20.5. The van der Waals surface area contributed by atoms with E-state index in [2.05, 4.69) is 0 Å². The summed E-state index contributed by atoms with van der Waals surface area (Å²) in [5.41, 5.74) is 1.76. The number of hydrogen-bond acceptors (Lipinski definition) is 7. The minimum absolute atomic E-state index is 0.150. The van der Waals surface area contributed by atoms with E-state index >= 15 is 0 Å². The van der Waals surface area contributed by atoms with Crippen LogP contribution in [0.15, 0.2) is 42.5 Å². The number of halogens is 1. The zero-order valence-electron chi connectivity index (χ0n) is 15.2. The SMILES string of the molecule is COc1ccc(Cc2cc([C@]3(O)OC(CO)C(O)C(O)C3O)ccc2Cl)cc1. The first-order valence-corrected chi connectivity index (χ1v) is 9.15. The van der Waals surface area contributed by atoms with Crippen LogP contribution in [0.5, 0.6) is 5.75 Å². The normalized spacial score (nSPS) is 30.2. The smallest absolute Gasteiger partial charge is 0.222 e. The number of rotatable bonds is 5. The maximum Gasteiger partial charge on any atom is 0.222 e. The standard InChI is InChI=1S/C20H23ClO7/c1-27-14-5-2-11(3-6-14)8-12-9-13(4-7-15(12)21)20(26)19(25)18(24)17(23)16(10-22)28-20/h2-7,9,16-19,22-26H,8,10H2,1H3/t16?,17?,18?,19?,20-/m0/s1. The Morgan fingerprint density at radius 1 is 1.07 bits per heavy atom. The van der Waals surface area contributed by atoms with Gasteiger partial charge in [-0.3, -0.25) is 0 Å². The Kier molecular flexibility index (Phi) is 6.26. The van der Waals surface area contributed by atoms with E-state index in [4.69, 9.17) is 21.1 Å². The molecule has 0 aliphatic carbocycles. The van der Waals surface area contributed by atoms with E-state index in [1.165, 1.54) is 6.07 Å². The second kappa shape index (κ2) is 8.34. The molecular weight excluding hydrogens is 388 g/mol.